The molecule has 0 saturated heterocycles. The minimum atomic E-state index is -3.76. The zero-order valence-corrected chi connectivity index (χ0v) is 11.6. The molecule has 0 radical (unpaired) electrons. The van der Waals surface area contributed by atoms with Crippen LogP contribution in [-0.2, 0) is 16.6 Å². The van der Waals surface area contributed by atoms with Gasteiger partial charge in [0, 0.05) is 12.7 Å². The molecule has 0 fully saturated rings. The second kappa shape index (κ2) is 5.51. The molecular weight excluding hydrogens is 284 g/mol. The molecule has 0 aromatic carbocycles. The van der Waals surface area contributed by atoms with Crippen molar-refractivity contribution in [3.8, 4) is 0 Å². The molecule has 0 bridgehead atoms. The summed E-state index contributed by atoms with van der Waals surface area (Å²) in [7, 11) is -3.76. The van der Waals surface area contributed by atoms with Gasteiger partial charge in [0.05, 0.1) is 12.8 Å². The number of H-pyrrole nitrogens is 1. The van der Waals surface area contributed by atoms with Crippen LogP contribution in [0.2, 0.25) is 0 Å². The van der Waals surface area contributed by atoms with Crippen molar-refractivity contribution in [3.05, 3.63) is 42.1 Å². The molecule has 0 saturated carbocycles. The molecule has 2 heterocycles. The van der Waals surface area contributed by atoms with Gasteiger partial charge in [-0.2, -0.15) is 4.31 Å². The molecular formula is C12H14N2O5S. The highest BCUT2D eigenvalue weighted by Gasteiger charge is 2.26. The third-order valence-electron chi connectivity index (χ3n) is 2.79. The first-order chi connectivity index (χ1) is 9.45. The molecule has 2 rings (SSSR count). The Bertz CT molecular complexity index is 687. The monoisotopic (exact) mass is 298 g/mol. The quantitative estimate of drug-likeness (QED) is 0.841. The van der Waals surface area contributed by atoms with E-state index in [2.05, 4.69) is 4.98 Å². The lowest BCUT2D eigenvalue weighted by molar-refractivity contribution is 0.0691. The zero-order valence-electron chi connectivity index (χ0n) is 10.7. The van der Waals surface area contributed by atoms with Crippen molar-refractivity contribution >= 4 is 16.0 Å². The van der Waals surface area contributed by atoms with Crippen molar-refractivity contribution in [1.29, 1.82) is 0 Å². The molecule has 0 aliphatic heterocycles. The summed E-state index contributed by atoms with van der Waals surface area (Å²) in [5.41, 5.74) is -0.169. The van der Waals surface area contributed by atoms with E-state index < -0.39 is 16.0 Å². The van der Waals surface area contributed by atoms with Crippen molar-refractivity contribution in [1.82, 2.24) is 9.29 Å². The van der Waals surface area contributed by atoms with Crippen molar-refractivity contribution < 1.29 is 22.7 Å². The Kier molecular flexibility index (Phi) is 3.96. The van der Waals surface area contributed by atoms with Gasteiger partial charge >= 0.3 is 5.97 Å². The minimum absolute atomic E-state index is 0.0803. The van der Waals surface area contributed by atoms with Gasteiger partial charge in [0.2, 0.25) is 10.0 Å². The maximum absolute atomic E-state index is 12.4. The Hall–Kier alpha value is -2.06. The summed E-state index contributed by atoms with van der Waals surface area (Å²) in [4.78, 5) is 13.1. The maximum atomic E-state index is 12.4. The number of aromatic amines is 1. The normalized spacial score (nSPS) is 11.9. The molecule has 0 unspecified atom stereocenters. The Balaban J connectivity index is 2.28. The number of aromatic carboxylic acids is 1. The number of aromatic nitrogens is 1. The molecule has 0 atom stereocenters. The first-order valence-electron chi connectivity index (χ1n) is 5.89. The molecule has 7 nitrogen and oxygen atoms in total. The number of furan rings is 1. The number of carbonyl (C=O) groups is 1. The van der Waals surface area contributed by atoms with Gasteiger partial charge in [0.25, 0.3) is 0 Å². The number of carboxylic acids is 1. The lowest BCUT2D eigenvalue weighted by atomic mass is 10.4. The molecule has 8 heteroatoms. The van der Waals surface area contributed by atoms with Gasteiger partial charge in [-0.3, -0.25) is 0 Å². The second-order valence-corrected chi connectivity index (χ2v) is 6.00. The van der Waals surface area contributed by atoms with Gasteiger partial charge in [0.1, 0.15) is 16.3 Å². The van der Waals surface area contributed by atoms with Crippen LogP contribution in [0.3, 0.4) is 0 Å². The molecule has 20 heavy (non-hydrogen) atoms. The van der Waals surface area contributed by atoms with Crippen molar-refractivity contribution in [3.63, 3.8) is 0 Å². The van der Waals surface area contributed by atoms with E-state index in [-0.39, 0.29) is 23.7 Å². The summed E-state index contributed by atoms with van der Waals surface area (Å²) >= 11 is 0. The molecule has 108 valence electrons. The van der Waals surface area contributed by atoms with Gasteiger partial charge in [-0.15, -0.1) is 0 Å². The van der Waals surface area contributed by atoms with Crippen molar-refractivity contribution in [2.75, 3.05) is 6.54 Å². The van der Waals surface area contributed by atoms with Crippen LogP contribution in [0.25, 0.3) is 0 Å². The number of hydrogen-bond acceptors (Lipinski definition) is 4. The SMILES string of the molecule is CCN(Cc1ccco1)S(=O)(=O)c1c[nH]c(C(=O)O)c1. The van der Waals surface area contributed by atoms with Crippen LogP contribution in [0.15, 0.2) is 40.0 Å². The van der Waals surface area contributed by atoms with Crippen molar-refractivity contribution in [2.24, 2.45) is 0 Å². The third kappa shape index (κ3) is 2.75. The van der Waals surface area contributed by atoms with Crippen LogP contribution in [0.1, 0.15) is 23.2 Å². The Morgan fingerprint density at radius 3 is 2.75 bits per heavy atom. The number of rotatable bonds is 6. The van der Waals surface area contributed by atoms with Crippen LogP contribution in [-0.4, -0.2) is 35.3 Å². The van der Waals surface area contributed by atoms with Crippen LogP contribution in [0, 0.1) is 0 Å². The van der Waals surface area contributed by atoms with Crippen LogP contribution in [0.4, 0.5) is 0 Å². The zero-order chi connectivity index (χ0) is 14.8. The molecule has 0 aliphatic carbocycles. The van der Waals surface area contributed by atoms with Gasteiger partial charge in [-0.1, -0.05) is 6.92 Å². The predicted octanol–water partition coefficient (Wildman–Crippen LogP) is 1.52. The van der Waals surface area contributed by atoms with E-state index in [4.69, 9.17) is 9.52 Å². The second-order valence-electron chi connectivity index (χ2n) is 4.06. The van der Waals surface area contributed by atoms with Gasteiger partial charge in [0.15, 0.2) is 0 Å². The highest BCUT2D eigenvalue weighted by atomic mass is 32.2. The lowest BCUT2D eigenvalue weighted by Crippen LogP contribution is -2.30. The van der Waals surface area contributed by atoms with E-state index in [1.807, 2.05) is 0 Å². The van der Waals surface area contributed by atoms with E-state index in [9.17, 15) is 13.2 Å². The average Bonchev–Trinajstić information content (AvgIpc) is 3.06. The summed E-state index contributed by atoms with van der Waals surface area (Å²) in [6.45, 7) is 2.04. The van der Waals surface area contributed by atoms with Crippen molar-refractivity contribution in [2.45, 2.75) is 18.4 Å². The van der Waals surface area contributed by atoms with E-state index in [1.165, 1.54) is 16.8 Å². The van der Waals surface area contributed by atoms with Crippen LogP contribution in [0.5, 0.6) is 0 Å². The highest BCUT2D eigenvalue weighted by molar-refractivity contribution is 7.89. The smallest absolute Gasteiger partial charge is 0.352 e. The molecule has 0 aliphatic rings. The Morgan fingerprint density at radius 1 is 1.50 bits per heavy atom. The third-order valence-corrected chi connectivity index (χ3v) is 4.69. The minimum Gasteiger partial charge on any atom is -0.477 e. The predicted molar refractivity (Wildman–Crippen MR) is 69.7 cm³/mol. The Labute approximate surface area is 115 Å². The molecule has 0 amide bonds. The molecule has 2 aromatic rings. The highest BCUT2D eigenvalue weighted by Crippen LogP contribution is 2.19. The number of hydrogen-bond donors (Lipinski definition) is 2. The Morgan fingerprint density at radius 2 is 2.25 bits per heavy atom. The average molecular weight is 298 g/mol. The fourth-order valence-corrected chi connectivity index (χ4v) is 3.15. The standard InChI is InChI=1S/C12H14N2O5S/c1-2-14(8-9-4-3-5-19-9)20(17,18)10-6-11(12(15)16)13-7-10/h3-7,13H,2,8H2,1H3,(H,15,16). The van der Waals surface area contributed by atoms with E-state index in [0.29, 0.717) is 5.76 Å². The van der Waals surface area contributed by atoms with Gasteiger partial charge < -0.3 is 14.5 Å². The summed E-state index contributed by atoms with van der Waals surface area (Å²) in [5.74, 6) is -0.690. The summed E-state index contributed by atoms with van der Waals surface area (Å²) in [6.07, 6.45) is 2.64. The molecule has 2 N–H and O–H groups in total. The van der Waals surface area contributed by atoms with Crippen LogP contribution < -0.4 is 0 Å². The molecule has 2 aromatic heterocycles. The topological polar surface area (TPSA) is 104 Å². The number of sulfonamides is 1. The molecule has 0 spiro atoms. The number of nitrogens with zero attached hydrogens (tertiary/aromatic N) is 1. The van der Waals surface area contributed by atoms with Gasteiger partial charge in [-0.05, 0) is 18.2 Å². The summed E-state index contributed by atoms with van der Waals surface area (Å²) in [5, 5.41) is 8.81. The van der Waals surface area contributed by atoms with E-state index in [0.717, 1.165) is 6.07 Å². The maximum Gasteiger partial charge on any atom is 0.352 e. The fraction of sp³-hybridized carbons (Fsp3) is 0.250. The lowest BCUT2D eigenvalue weighted by Gasteiger charge is -2.18. The van der Waals surface area contributed by atoms with E-state index >= 15 is 0 Å². The van der Waals surface area contributed by atoms with Crippen LogP contribution >= 0.6 is 0 Å². The summed E-state index contributed by atoms with van der Waals surface area (Å²) in [6, 6.07) is 4.45. The first kappa shape index (κ1) is 14.4. The fourth-order valence-electron chi connectivity index (χ4n) is 1.74. The van der Waals surface area contributed by atoms with E-state index in [1.54, 1.807) is 19.1 Å². The van der Waals surface area contributed by atoms with Gasteiger partial charge in [-0.25, -0.2) is 13.2 Å². The first-order valence-corrected chi connectivity index (χ1v) is 7.33. The summed E-state index contributed by atoms with van der Waals surface area (Å²) < 4.78 is 31.1. The largest absolute Gasteiger partial charge is 0.477 e. The number of carboxylic acid groups (broad SMARTS) is 1. The number of nitrogens with one attached hydrogen (secondary N) is 1.